The molecule has 1 N–H and O–H groups in total. The van der Waals surface area contributed by atoms with Gasteiger partial charge in [0.2, 0.25) is 0 Å². The second kappa shape index (κ2) is 6.42. The molecule has 4 heteroatoms. The minimum Gasteiger partial charge on any atom is -0.311 e. The summed E-state index contributed by atoms with van der Waals surface area (Å²) >= 11 is 5.73. The van der Waals surface area contributed by atoms with Gasteiger partial charge >= 0.3 is 0 Å². The molecule has 0 saturated carbocycles. The minimum atomic E-state index is -0.326. The average Bonchev–Trinajstić information content (AvgIpc) is 2.78. The quantitative estimate of drug-likeness (QED) is 0.909. The molecule has 1 aliphatic heterocycles. The van der Waals surface area contributed by atoms with Crippen LogP contribution in [0.5, 0.6) is 0 Å². The molecule has 1 aromatic rings. The second-order valence-corrected chi connectivity index (χ2v) is 7.05. The molecule has 0 aliphatic carbocycles. The summed E-state index contributed by atoms with van der Waals surface area (Å²) in [6.07, 6.45) is 2.42. The summed E-state index contributed by atoms with van der Waals surface area (Å²) < 4.78 is 13.5. The Balaban J connectivity index is 1.95. The maximum absolute atomic E-state index is 13.5. The van der Waals surface area contributed by atoms with Crippen LogP contribution in [-0.4, -0.2) is 29.6 Å². The molecule has 0 radical (unpaired) electrons. The van der Waals surface area contributed by atoms with Gasteiger partial charge in [-0.2, -0.15) is 0 Å². The maximum atomic E-state index is 13.5. The van der Waals surface area contributed by atoms with Crippen LogP contribution in [0.3, 0.4) is 0 Å². The zero-order valence-corrected chi connectivity index (χ0v) is 13.3. The van der Waals surface area contributed by atoms with Crippen molar-refractivity contribution in [3.05, 3.63) is 34.6 Å². The molecule has 0 aromatic heterocycles. The van der Waals surface area contributed by atoms with Gasteiger partial charge in [-0.05, 0) is 57.9 Å². The predicted octanol–water partition coefficient (Wildman–Crippen LogP) is 3.83. The minimum absolute atomic E-state index is 0.140. The van der Waals surface area contributed by atoms with Crippen molar-refractivity contribution in [1.82, 2.24) is 10.2 Å². The zero-order chi connectivity index (χ0) is 14.8. The largest absolute Gasteiger partial charge is 0.311 e. The van der Waals surface area contributed by atoms with E-state index in [0.717, 1.165) is 25.2 Å². The van der Waals surface area contributed by atoms with Crippen molar-refractivity contribution in [3.8, 4) is 0 Å². The first-order valence-corrected chi connectivity index (χ1v) is 7.66. The highest BCUT2D eigenvalue weighted by Gasteiger charge is 2.25. The number of nitrogens with one attached hydrogen (secondary N) is 1. The third kappa shape index (κ3) is 4.44. The molecule has 0 bridgehead atoms. The van der Waals surface area contributed by atoms with E-state index in [2.05, 4.69) is 31.0 Å². The SMILES string of the molecule is CC(C)(C)NCC1CCCN1Cc1ccc(Cl)c(F)c1. The number of likely N-dealkylation sites (tertiary alicyclic amines) is 1. The maximum Gasteiger partial charge on any atom is 0.142 e. The molecule has 0 spiro atoms. The van der Waals surface area contributed by atoms with Crippen LogP contribution in [0.1, 0.15) is 39.2 Å². The fourth-order valence-electron chi connectivity index (χ4n) is 2.63. The molecule has 112 valence electrons. The van der Waals surface area contributed by atoms with E-state index in [1.165, 1.54) is 12.8 Å². The van der Waals surface area contributed by atoms with Crippen molar-refractivity contribution in [2.45, 2.75) is 51.7 Å². The Labute approximate surface area is 126 Å². The molecule has 1 unspecified atom stereocenters. The zero-order valence-electron chi connectivity index (χ0n) is 12.5. The number of hydrogen-bond acceptors (Lipinski definition) is 2. The molecular weight excluding hydrogens is 275 g/mol. The topological polar surface area (TPSA) is 15.3 Å². The number of rotatable bonds is 4. The molecule has 1 heterocycles. The number of benzene rings is 1. The van der Waals surface area contributed by atoms with E-state index in [1.54, 1.807) is 12.1 Å². The Morgan fingerprint density at radius 1 is 1.40 bits per heavy atom. The predicted molar refractivity (Wildman–Crippen MR) is 82.6 cm³/mol. The first-order chi connectivity index (χ1) is 9.35. The molecule has 2 nitrogen and oxygen atoms in total. The summed E-state index contributed by atoms with van der Waals surface area (Å²) in [4.78, 5) is 2.43. The highest BCUT2D eigenvalue weighted by Crippen LogP contribution is 2.22. The second-order valence-electron chi connectivity index (χ2n) is 6.65. The number of hydrogen-bond donors (Lipinski definition) is 1. The molecule has 1 saturated heterocycles. The van der Waals surface area contributed by atoms with Gasteiger partial charge in [-0.25, -0.2) is 4.39 Å². The molecule has 1 aliphatic rings. The Morgan fingerprint density at radius 3 is 2.80 bits per heavy atom. The molecular formula is C16H24ClFN2. The van der Waals surface area contributed by atoms with Gasteiger partial charge in [0.05, 0.1) is 5.02 Å². The van der Waals surface area contributed by atoms with Gasteiger partial charge in [-0.1, -0.05) is 17.7 Å². The first kappa shape index (κ1) is 15.7. The lowest BCUT2D eigenvalue weighted by atomic mass is 10.1. The van der Waals surface area contributed by atoms with Crippen molar-refractivity contribution in [3.63, 3.8) is 0 Å². The normalized spacial score (nSPS) is 20.6. The lowest BCUT2D eigenvalue weighted by Crippen LogP contribution is -2.44. The Kier molecular flexibility index (Phi) is 5.05. The van der Waals surface area contributed by atoms with Crippen molar-refractivity contribution in [2.24, 2.45) is 0 Å². The Bertz CT molecular complexity index is 456. The lowest BCUT2D eigenvalue weighted by Gasteiger charge is -2.29. The van der Waals surface area contributed by atoms with Crippen molar-refractivity contribution in [1.29, 1.82) is 0 Å². The van der Waals surface area contributed by atoms with Gasteiger partial charge in [-0.15, -0.1) is 0 Å². The molecule has 1 aromatic carbocycles. The van der Waals surface area contributed by atoms with E-state index >= 15 is 0 Å². The van der Waals surface area contributed by atoms with Crippen LogP contribution < -0.4 is 5.32 Å². The standard InChI is InChI=1S/C16H24ClFN2/c1-16(2,3)19-10-13-5-4-8-20(13)11-12-6-7-14(17)15(18)9-12/h6-7,9,13,19H,4-5,8,10-11H2,1-3H3. The highest BCUT2D eigenvalue weighted by atomic mass is 35.5. The van der Waals surface area contributed by atoms with Gasteiger partial charge in [0.15, 0.2) is 0 Å². The third-order valence-corrected chi connectivity index (χ3v) is 4.04. The van der Waals surface area contributed by atoms with E-state index in [4.69, 9.17) is 11.6 Å². The fourth-order valence-corrected chi connectivity index (χ4v) is 2.75. The summed E-state index contributed by atoms with van der Waals surface area (Å²) in [5, 5.41) is 3.76. The van der Waals surface area contributed by atoms with Gasteiger partial charge in [0.1, 0.15) is 5.82 Å². The molecule has 0 amide bonds. The van der Waals surface area contributed by atoms with Gasteiger partial charge in [0, 0.05) is 24.7 Å². The van der Waals surface area contributed by atoms with Crippen LogP contribution in [0.2, 0.25) is 5.02 Å². The van der Waals surface area contributed by atoms with Crippen molar-refractivity contribution in [2.75, 3.05) is 13.1 Å². The molecule has 2 rings (SSSR count). The summed E-state index contributed by atoms with van der Waals surface area (Å²) in [5.41, 5.74) is 1.13. The summed E-state index contributed by atoms with van der Waals surface area (Å²) in [5.74, 6) is -0.326. The first-order valence-electron chi connectivity index (χ1n) is 7.28. The van der Waals surface area contributed by atoms with Crippen LogP contribution in [-0.2, 0) is 6.54 Å². The smallest absolute Gasteiger partial charge is 0.142 e. The Morgan fingerprint density at radius 2 is 2.15 bits per heavy atom. The lowest BCUT2D eigenvalue weighted by molar-refractivity contribution is 0.225. The average molecular weight is 299 g/mol. The van der Waals surface area contributed by atoms with E-state index in [0.29, 0.717) is 6.04 Å². The Hall–Kier alpha value is -0.640. The summed E-state index contributed by atoms with van der Waals surface area (Å²) in [6.45, 7) is 9.41. The van der Waals surface area contributed by atoms with Gasteiger partial charge in [0.25, 0.3) is 0 Å². The van der Waals surface area contributed by atoms with E-state index in [-0.39, 0.29) is 16.4 Å². The fraction of sp³-hybridized carbons (Fsp3) is 0.625. The monoisotopic (exact) mass is 298 g/mol. The van der Waals surface area contributed by atoms with E-state index in [9.17, 15) is 4.39 Å². The number of nitrogens with zero attached hydrogens (tertiary/aromatic N) is 1. The van der Waals surface area contributed by atoms with Crippen LogP contribution in [0.25, 0.3) is 0 Å². The van der Waals surface area contributed by atoms with Crippen LogP contribution >= 0.6 is 11.6 Å². The number of halogens is 2. The molecule has 1 atom stereocenters. The highest BCUT2D eigenvalue weighted by molar-refractivity contribution is 6.30. The van der Waals surface area contributed by atoms with Crippen LogP contribution in [0, 0.1) is 5.82 Å². The van der Waals surface area contributed by atoms with Gasteiger partial charge < -0.3 is 5.32 Å². The summed E-state index contributed by atoms with van der Waals surface area (Å²) in [7, 11) is 0. The summed E-state index contributed by atoms with van der Waals surface area (Å²) in [6, 6.07) is 5.64. The van der Waals surface area contributed by atoms with E-state index in [1.807, 2.05) is 6.07 Å². The van der Waals surface area contributed by atoms with Crippen molar-refractivity contribution < 1.29 is 4.39 Å². The van der Waals surface area contributed by atoms with Crippen LogP contribution in [0.4, 0.5) is 4.39 Å². The molecule has 1 fully saturated rings. The third-order valence-electron chi connectivity index (χ3n) is 3.74. The van der Waals surface area contributed by atoms with Crippen LogP contribution in [0.15, 0.2) is 18.2 Å². The van der Waals surface area contributed by atoms with E-state index < -0.39 is 0 Å². The van der Waals surface area contributed by atoms with Gasteiger partial charge in [-0.3, -0.25) is 4.90 Å². The van der Waals surface area contributed by atoms with Crippen molar-refractivity contribution >= 4 is 11.6 Å². The molecule has 20 heavy (non-hydrogen) atoms.